The van der Waals surface area contributed by atoms with Crippen molar-refractivity contribution in [1.82, 2.24) is 5.32 Å². The van der Waals surface area contributed by atoms with E-state index >= 15 is 0 Å². The number of hydrogen-bond donors (Lipinski definition) is 4. The van der Waals surface area contributed by atoms with E-state index in [0.717, 1.165) is 13.0 Å². The van der Waals surface area contributed by atoms with Crippen LogP contribution in [0.3, 0.4) is 0 Å². The Morgan fingerprint density at radius 1 is 1.42 bits per heavy atom. The Hall–Kier alpha value is 0.478. The van der Waals surface area contributed by atoms with Crippen molar-refractivity contribution in [2.45, 2.75) is 19.0 Å². The second-order valence-electron chi connectivity index (χ2n) is 2.15. The summed E-state index contributed by atoms with van der Waals surface area (Å²) in [6.45, 7) is 1.11. The Morgan fingerprint density at radius 3 is 1.92 bits per heavy atom. The zero-order chi connectivity index (χ0) is 8.91. The fourth-order valence-electron chi connectivity index (χ4n) is 0.711. The van der Waals surface area contributed by atoms with Gasteiger partial charge in [0, 0.05) is 21.1 Å². The van der Waals surface area contributed by atoms with E-state index < -0.39 is 10.4 Å². The zero-order valence-electron chi connectivity index (χ0n) is 6.21. The van der Waals surface area contributed by atoms with Gasteiger partial charge in [-0.15, -0.1) is 0 Å². The summed E-state index contributed by atoms with van der Waals surface area (Å²) in [7, 11) is -4.67. The standard InChI is InChI=1S/C4H10N2.H2O4S.Pt/c5-4-2-1-3-6-4;1-5(2,3)4;/h4,6H,1-3,5H2;(H2,1,2,3,4);/t4-;;/m0../s1. The molecule has 1 atom stereocenters. The van der Waals surface area contributed by atoms with Crippen molar-refractivity contribution in [3.8, 4) is 0 Å². The van der Waals surface area contributed by atoms with Crippen molar-refractivity contribution in [2.75, 3.05) is 6.54 Å². The van der Waals surface area contributed by atoms with Crippen LogP contribution in [0, 0.1) is 0 Å². The Kier molecular flexibility index (Phi) is 8.66. The molecule has 0 saturated carbocycles. The van der Waals surface area contributed by atoms with Gasteiger partial charge in [-0.3, -0.25) is 9.11 Å². The number of nitrogens with one attached hydrogen (secondary N) is 1. The van der Waals surface area contributed by atoms with Gasteiger partial charge in [0.15, 0.2) is 0 Å². The molecule has 8 heteroatoms. The first-order chi connectivity index (χ1) is 4.89. The van der Waals surface area contributed by atoms with Gasteiger partial charge in [0.1, 0.15) is 0 Å². The fraction of sp³-hybridized carbons (Fsp3) is 1.00. The summed E-state index contributed by atoms with van der Waals surface area (Å²) in [5.74, 6) is 0. The molecule has 0 aromatic rings. The molecule has 1 heterocycles. The molecule has 78 valence electrons. The molecule has 0 spiro atoms. The first-order valence-electron chi connectivity index (χ1n) is 3.08. The third kappa shape index (κ3) is 16.8. The Bertz CT molecular complexity index is 181. The largest absolute Gasteiger partial charge is 0.394 e. The number of rotatable bonds is 0. The van der Waals surface area contributed by atoms with E-state index in [9.17, 15) is 0 Å². The van der Waals surface area contributed by atoms with E-state index in [0.29, 0.717) is 6.17 Å². The summed E-state index contributed by atoms with van der Waals surface area (Å²) in [6.07, 6.45) is 2.70. The van der Waals surface area contributed by atoms with Crippen LogP contribution in [-0.4, -0.2) is 30.2 Å². The van der Waals surface area contributed by atoms with Crippen LogP contribution in [0.1, 0.15) is 12.8 Å². The van der Waals surface area contributed by atoms with Gasteiger partial charge in [-0.2, -0.15) is 8.42 Å². The molecule has 6 nitrogen and oxygen atoms in total. The third-order valence-corrected chi connectivity index (χ3v) is 1.10. The van der Waals surface area contributed by atoms with Crippen LogP contribution in [0.15, 0.2) is 0 Å². The van der Waals surface area contributed by atoms with Crippen molar-refractivity contribution in [2.24, 2.45) is 5.73 Å². The molecule has 0 bridgehead atoms. The van der Waals surface area contributed by atoms with Crippen LogP contribution < -0.4 is 11.1 Å². The smallest absolute Gasteiger partial charge is 0.316 e. The predicted molar refractivity (Wildman–Crippen MR) is 39.4 cm³/mol. The SMILES string of the molecule is N[C@@H]1CCCN1.O=S(=O)(O)O.[Pt]. The summed E-state index contributed by atoms with van der Waals surface area (Å²) < 4.78 is 31.6. The molecule has 0 radical (unpaired) electrons. The van der Waals surface area contributed by atoms with Crippen molar-refractivity contribution >= 4 is 10.4 Å². The Labute approximate surface area is 85.7 Å². The Balaban J connectivity index is 0. The molecule has 5 N–H and O–H groups in total. The molecular weight excluding hydrogens is 367 g/mol. The normalized spacial score (nSPS) is 22.1. The maximum atomic E-state index is 8.74. The molecule has 1 aliphatic rings. The average molecular weight is 379 g/mol. The first-order valence-corrected chi connectivity index (χ1v) is 4.48. The fourth-order valence-corrected chi connectivity index (χ4v) is 0.711. The molecular formula is C4H12N2O4PtS. The van der Waals surface area contributed by atoms with Gasteiger partial charge in [-0.1, -0.05) is 0 Å². The maximum Gasteiger partial charge on any atom is 0.394 e. The minimum atomic E-state index is -4.67. The van der Waals surface area contributed by atoms with Crippen LogP contribution in [0.2, 0.25) is 0 Å². The van der Waals surface area contributed by atoms with Crippen LogP contribution in [-0.2, 0) is 31.5 Å². The molecule has 1 saturated heterocycles. The molecule has 0 amide bonds. The predicted octanol–water partition coefficient (Wildman–Crippen LogP) is -1.00. The monoisotopic (exact) mass is 379 g/mol. The zero-order valence-corrected chi connectivity index (χ0v) is 9.30. The second-order valence-corrected chi connectivity index (χ2v) is 3.05. The van der Waals surface area contributed by atoms with Crippen molar-refractivity contribution in [3.05, 3.63) is 0 Å². The van der Waals surface area contributed by atoms with Crippen molar-refractivity contribution in [3.63, 3.8) is 0 Å². The van der Waals surface area contributed by atoms with Gasteiger partial charge in [0.05, 0.1) is 6.17 Å². The molecule has 0 unspecified atom stereocenters. The molecule has 0 aliphatic carbocycles. The number of nitrogens with two attached hydrogens (primary N) is 1. The van der Waals surface area contributed by atoms with Gasteiger partial charge in [0.2, 0.25) is 0 Å². The van der Waals surface area contributed by atoms with Gasteiger partial charge < -0.3 is 11.1 Å². The van der Waals surface area contributed by atoms with Gasteiger partial charge in [0.25, 0.3) is 0 Å². The summed E-state index contributed by atoms with van der Waals surface area (Å²) in [5.41, 5.74) is 5.42. The third-order valence-electron chi connectivity index (χ3n) is 1.10. The van der Waals surface area contributed by atoms with Gasteiger partial charge in [-0.25, -0.2) is 0 Å². The van der Waals surface area contributed by atoms with Crippen molar-refractivity contribution < 1.29 is 38.6 Å². The summed E-state index contributed by atoms with van der Waals surface area (Å²) in [4.78, 5) is 0. The van der Waals surface area contributed by atoms with Gasteiger partial charge in [-0.05, 0) is 19.4 Å². The van der Waals surface area contributed by atoms with E-state index in [1.165, 1.54) is 6.42 Å². The second kappa shape index (κ2) is 6.94. The first kappa shape index (κ1) is 15.0. The summed E-state index contributed by atoms with van der Waals surface area (Å²) >= 11 is 0. The number of hydrogen-bond acceptors (Lipinski definition) is 4. The molecule has 0 aromatic heterocycles. The molecule has 12 heavy (non-hydrogen) atoms. The topological polar surface area (TPSA) is 113 Å². The van der Waals surface area contributed by atoms with Gasteiger partial charge >= 0.3 is 10.4 Å². The molecule has 1 aliphatic heterocycles. The molecule has 1 fully saturated rings. The van der Waals surface area contributed by atoms with E-state index in [2.05, 4.69) is 5.32 Å². The Morgan fingerprint density at radius 2 is 1.83 bits per heavy atom. The van der Waals surface area contributed by atoms with Crippen molar-refractivity contribution in [1.29, 1.82) is 0 Å². The maximum absolute atomic E-state index is 8.74. The molecule has 1 rings (SSSR count). The van der Waals surface area contributed by atoms with E-state index in [1.807, 2.05) is 0 Å². The summed E-state index contributed by atoms with van der Waals surface area (Å²) in [6, 6.07) is 0. The van der Waals surface area contributed by atoms with E-state index in [-0.39, 0.29) is 21.1 Å². The van der Waals surface area contributed by atoms with Crippen LogP contribution in [0.5, 0.6) is 0 Å². The van der Waals surface area contributed by atoms with Crippen LogP contribution >= 0.6 is 0 Å². The van der Waals surface area contributed by atoms with E-state index in [4.69, 9.17) is 23.3 Å². The average Bonchev–Trinajstić information content (AvgIpc) is 2.12. The minimum absolute atomic E-state index is 0. The van der Waals surface area contributed by atoms with E-state index in [1.54, 1.807) is 0 Å². The van der Waals surface area contributed by atoms with Crippen LogP contribution in [0.25, 0.3) is 0 Å². The minimum Gasteiger partial charge on any atom is -0.316 e. The molecule has 0 aromatic carbocycles. The quantitative estimate of drug-likeness (QED) is 0.402. The van der Waals surface area contributed by atoms with Crippen LogP contribution in [0.4, 0.5) is 0 Å². The summed E-state index contributed by atoms with van der Waals surface area (Å²) in [5, 5.41) is 3.10.